The van der Waals surface area contributed by atoms with Crippen LogP contribution in [0.2, 0.25) is 0 Å². The Morgan fingerprint density at radius 2 is 0.750 bits per heavy atom. The van der Waals surface area contributed by atoms with E-state index in [1.54, 1.807) is 0 Å². The Morgan fingerprint density at radius 3 is 0.750 bits per heavy atom. The van der Waals surface area contributed by atoms with Crippen molar-refractivity contribution in [1.29, 1.82) is 0 Å². The summed E-state index contributed by atoms with van der Waals surface area (Å²) in [6.07, 6.45) is 0. The molecule has 0 saturated carbocycles. The van der Waals surface area contributed by atoms with Crippen molar-refractivity contribution in [3.8, 4) is 0 Å². The average molecular weight is 123 g/mol. The Balaban J connectivity index is 0. The van der Waals surface area contributed by atoms with Gasteiger partial charge in [0.25, 0.3) is 0 Å². The molecule has 4 heteroatoms. The summed E-state index contributed by atoms with van der Waals surface area (Å²) in [5.41, 5.74) is 0. The van der Waals surface area contributed by atoms with Crippen LogP contribution in [0.3, 0.4) is 0 Å². The summed E-state index contributed by atoms with van der Waals surface area (Å²) >= 11 is 0. The molecule has 4 heavy (non-hydrogen) atoms. The molecule has 0 bridgehead atoms. The Morgan fingerprint density at radius 1 is 0.750 bits per heavy atom. The molecule has 22 valence electrons. The molecule has 0 radical (unpaired) electrons. The third-order valence-electron chi connectivity index (χ3n) is 0. The van der Waals surface area contributed by atoms with Gasteiger partial charge in [0.1, 0.15) is 0 Å². The van der Waals surface area contributed by atoms with E-state index in [1.165, 1.54) is 0 Å². The molecule has 0 amide bonds. The summed E-state index contributed by atoms with van der Waals surface area (Å²) < 4.78 is 0. The van der Waals surface area contributed by atoms with Crippen LogP contribution in [0.15, 0.2) is 0 Å². The van der Waals surface area contributed by atoms with Gasteiger partial charge in [0.15, 0.2) is 0 Å². The minimum atomic E-state index is 0. The summed E-state index contributed by atoms with van der Waals surface area (Å²) in [6, 6.07) is 0. The van der Waals surface area contributed by atoms with Crippen molar-refractivity contribution in [2.75, 3.05) is 0 Å². The predicted octanol–water partition coefficient (Wildman–Crippen LogP) is -0.721. The first-order chi connectivity index (χ1) is 0. The minimum absolute atomic E-state index is 0. The van der Waals surface area contributed by atoms with Gasteiger partial charge in [-0.15, -0.1) is 24.8 Å². The van der Waals surface area contributed by atoms with E-state index in [0.29, 0.717) is 0 Å². The Bertz CT molecular complexity index is 6.00. The van der Waals surface area contributed by atoms with Crippen molar-refractivity contribution in [2.45, 2.75) is 0 Å². The SMILES string of the molecule is Cl.Cl.[MgH2].[NaH]. The zero-order valence-corrected chi connectivity index (χ0v) is 2.45. The second-order valence-electron chi connectivity index (χ2n) is 0. The molecule has 0 nitrogen and oxygen atoms in total. The van der Waals surface area contributed by atoms with E-state index in [0.717, 1.165) is 0 Å². The fraction of sp³-hybridized carbons (Fsp3) is 0. The van der Waals surface area contributed by atoms with E-state index in [1.807, 2.05) is 0 Å². The fourth-order valence-electron chi connectivity index (χ4n) is 0. The van der Waals surface area contributed by atoms with Crippen LogP contribution in [0.5, 0.6) is 0 Å². The van der Waals surface area contributed by atoms with Crippen LogP contribution < -0.4 is 0 Å². The molecular weight excluding hydrogens is 118 g/mol. The van der Waals surface area contributed by atoms with Crippen molar-refractivity contribution in [3.05, 3.63) is 0 Å². The molecule has 0 aromatic carbocycles. The quantitative estimate of drug-likeness (QED) is 0.373. The van der Waals surface area contributed by atoms with Crippen LogP contribution in [0.4, 0.5) is 0 Å². The van der Waals surface area contributed by atoms with Gasteiger partial charge in [-0.05, 0) is 0 Å². The summed E-state index contributed by atoms with van der Waals surface area (Å²) in [5, 5.41) is 0. The molecule has 0 spiro atoms. The van der Waals surface area contributed by atoms with Gasteiger partial charge >= 0.3 is 52.6 Å². The van der Waals surface area contributed by atoms with E-state index in [-0.39, 0.29) is 77.4 Å². The second-order valence-corrected chi connectivity index (χ2v) is 0. The molecule has 0 unspecified atom stereocenters. The monoisotopic (exact) mass is 122 g/mol. The van der Waals surface area contributed by atoms with Gasteiger partial charge < -0.3 is 0 Å². The van der Waals surface area contributed by atoms with E-state index in [9.17, 15) is 0 Å². The molecule has 0 N–H and O–H groups in total. The van der Waals surface area contributed by atoms with Gasteiger partial charge in [-0.1, -0.05) is 0 Å². The zero-order valence-electron chi connectivity index (χ0n) is 0.816. The molecule has 0 fully saturated rings. The third-order valence-corrected chi connectivity index (χ3v) is 0. The topological polar surface area (TPSA) is 0 Å². The molecule has 0 aliphatic rings. The zero-order chi connectivity index (χ0) is 0. The second kappa shape index (κ2) is 18.3. The third kappa shape index (κ3) is 8.84. The number of halogens is 2. The fourth-order valence-corrected chi connectivity index (χ4v) is 0. The van der Waals surface area contributed by atoms with Gasteiger partial charge in [0, 0.05) is 0 Å². The molecule has 0 saturated heterocycles. The Kier molecular flexibility index (Phi) is 151. The van der Waals surface area contributed by atoms with Gasteiger partial charge in [0.05, 0.1) is 0 Å². The van der Waals surface area contributed by atoms with Crippen LogP contribution in [-0.2, 0) is 0 Å². The number of rotatable bonds is 0. The number of hydrogen-bond acceptors (Lipinski definition) is 0. The summed E-state index contributed by atoms with van der Waals surface area (Å²) in [4.78, 5) is 0. The first-order valence-electron chi connectivity index (χ1n) is 0. The van der Waals surface area contributed by atoms with Crippen molar-refractivity contribution in [1.82, 2.24) is 0 Å². The predicted molar refractivity (Wildman–Crippen MR) is 30.2 cm³/mol. The summed E-state index contributed by atoms with van der Waals surface area (Å²) in [6.45, 7) is 0. The maximum absolute atomic E-state index is 0. The van der Waals surface area contributed by atoms with Crippen molar-refractivity contribution >= 4 is 77.4 Å². The van der Waals surface area contributed by atoms with Crippen LogP contribution in [0.25, 0.3) is 0 Å². The normalized spacial score (nSPS) is 0. The van der Waals surface area contributed by atoms with Gasteiger partial charge in [-0.25, -0.2) is 0 Å². The van der Waals surface area contributed by atoms with Crippen molar-refractivity contribution in [3.63, 3.8) is 0 Å². The van der Waals surface area contributed by atoms with Gasteiger partial charge in [0.2, 0.25) is 0 Å². The van der Waals surface area contributed by atoms with Crippen LogP contribution >= 0.6 is 24.8 Å². The number of hydrogen-bond donors (Lipinski definition) is 0. The van der Waals surface area contributed by atoms with E-state index < -0.39 is 0 Å². The first-order valence-corrected chi connectivity index (χ1v) is 0. The molecule has 0 rings (SSSR count). The average Bonchev–Trinajstić information content (AvgIpc) is 0. The summed E-state index contributed by atoms with van der Waals surface area (Å²) in [7, 11) is 0. The molecule has 0 heterocycles. The van der Waals surface area contributed by atoms with Gasteiger partial charge in [-0.2, -0.15) is 0 Å². The van der Waals surface area contributed by atoms with E-state index in [4.69, 9.17) is 0 Å². The van der Waals surface area contributed by atoms with Crippen molar-refractivity contribution in [2.24, 2.45) is 0 Å². The molecule has 0 aromatic heterocycles. The molecule has 0 aliphatic carbocycles. The Labute approximate surface area is 76.4 Å². The molecule has 0 atom stereocenters. The standard InChI is InChI=1S/2ClH.Mg.Na.3H/h2*1H;;;;;. The van der Waals surface area contributed by atoms with Crippen molar-refractivity contribution < 1.29 is 0 Å². The van der Waals surface area contributed by atoms with Crippen LogP contribution in [-0.4, -0.2) is 52.6 Å². The molecule has 0 aromatic rings. The first kappa shape index (κ1) is 33.0. The van der Waals surface area contributed by atoms with E-state index >= 15 is 0 Å². The molecule has 0 aliphatic heterocycles. The Hall–Kier alpha value is 2.35. The van der Waals surface area contributed by atoms with Gasteiger partial charge in [-0.3, -0.25) is 0 Å². The van der Waals surface area contributed by atoms with Crippen LogP contribution in [0, 0.1) is 0 Å². The summed E-state index contributed by atoms with van der Waals surface area (Å²) in [5.74, 6) is 0. The van der Waals surface area contributed by atoms with E-state index in [2.05, 4.69) is 0 Å². The maximum atomic E-state index is 0. The van der Waals surface area contributed by atoms with Crippen LogP contribution in [0.1, 0.15) is 0 Å². The molecular formula is H5Cl2MgNa.